The summed E-state index contributed by atoms with van der Waals surface area (Å²) in [5.74, 6) is 1.23. The van der Waals surface area contributed by atoms with Crippen LogP contribution < -0.4 is 11.1 Å². The molecule has 144 valence electrons. The summed E-state index contributed by atoms with van der Waals surface area (Å²) in [6, 6.07) is 11.0. The average Bonchev–Trinajstić information content (AvgIpc) is 3.30. The van der Waals surface area contributed by atoms with Crippen LogP contribution in [0.25, 0.3) is 31.7 Å². The van der Waals surface area contributed by atoms with Crippen molar-refractivity contribution in [2.45, 2.75) is 38.3 Å². The minimum atomic E-state index is 0.359. The molecule has 0 saturated heterocycles. The second-order valence-corrected chi connectivity index (χ2v) is 8.72. The summed E-state index contributed by atoms with van der Waals surface area (Å²) < 4.78 is 3.35. The summed E-state index contributed by atoms with van der Waals surface area (Å²) in [7, 11) is 1.84. The molecule has 0 aliphatic heterocycles. The van der Waals surface area contributed by atoms with Gasteiger partial charge in [-0.15, -0.1) is 11.3 Å². The fraction of sp³-hybridized carbons (Fsp3) is 0.381. The summed E-state index contributed by atoms with van der Waals surface area (Å²) in [5, 5.41) is 10.3. The van der Waals surface area contributed by atoms with E-state index in [0.29, 0.717) is 17.9 Å². The fourth-order valence-electron chi connectivity index (χ4n) is 4.10. The smallest absolute Gasteiger partial charge is 0.224 e. The molecule has 0 bridgehead atoms. The highest BCUT2D eigenvalue weighted by atomic mass is 32.1. The number of aromatic nitrogens is 4. The van der Waals surface area contributed by atoms with Crippen molar-refractivity contribution in [3.8, 4) is 10.6 Å². The van der Waals surface area contributed by atoms with Crippen LogP contribution in [-0.4, -0.2) is 32.8 Å². The van der Waals surface area contributed by atoms with Crippen molar-refractivity contribution in [2.75, 3.05) is 12.4 Å². The number of rotatable bonds is 4. The molecule has 0 radical (unpaired) electrons. The van der Waals surface area contributed by atoms with Crippen LogP contribution in [0.1, 0.15) is 25.7 Å². The number of nitrogens with zero attached hydrogens (tertiary/aromatic N) is 4. The number of hydrogen-bond acceptors (Lipinski definition) is 6. The predicted molar refractivity (Wildman–Crippen MR) is 116 cm³/mol. The third-order valence-electron chi connectivity index (χ3n) is 5.69. The lowest BCUT2D eigenvalue weighted by molar-refractivity contribution is 0.288. The molecule has 4 aromatic rings. The van der Waals surface area contributed by atoms with E-state index in [4.69, 9.17) is 15.8 Å². The number of hydrogen-bond donors (Lipinski definition) is 2. The van der Waals surface area contributed by atoms with E-state index in [1.165, 1.54) is 10.1 Å². The maximum absolute atomic E-state index is 6.09. The zero-order valence-electron chi connectivity index (χ0n) is 15.9. The number of anilines is 1. The van der Waals surface area contributed by atoms with E-state index in [0.717, 1.165) is 53.8 Å². The van der Waals surface area contributed by atoms with Gasteiger partial charge in [-0.3, -0.25) is 0 Å². The third-order valence-corrected chi connectivity index (χ3v) is 6.82. The van der Waals surface area contributed by atoms with Gasteiger partial charge in [0.15, 0.2) is 5.65 Å². The van der Waals surface area contributed by atoms with Crippen molar-refractivity contribution >= 4 is 38.4 Å². The topological polar surface area (TPSA) is 81.7 Å². The lowest BCUT2D eigenvalue weighted by Crippen LogP contribution is -2.28. The molecule has 1 aliphatic rings. The Balaban J connectivity index is 1.59. The fourth-order valence-corrected chi connectivity index (χ4v) is 5.16. The van der Waals surface area contributed by atoms with Gasteiger partial charge in [0.2, 0.25) is 5.95 Å². The van der Waals surface area contributed by atoms with Crippen molar-refractivity contribution in [3.05, 3.63) is 36.5 Å². The Hall–Kier alpha value is -2.51. The first-order valence-electron chi connectivity index (χ1n) is 9.87. The minimum absolute atomic E-state index is 0.359. The number of nitrogens with two attached hydrogens (primary N) is 1. The van der Waals surface area contributed by atoms with Gasteiger partial charge < -0.3 is 11.1 Å². The molecular formula is C21H24N6S. The molecule has 7 heteroatoms. The van der Waals surface area contributed by atoms with Crippen molar-refractivity contribution < 1.29 is 0 Å². The van der Waals surface area contributed by atoms with Gasteiger partial charge in [0, 0.05) is 30.5 Å². The van der Waals surface area contributed by atoms with Gasteiger partial charge in [-0.25, -0.2) is 9.67 Å². The lowest BCUT2D eigenvalue weighted by atomic mass is 9.86. The Morgan fingerprint density at radius 1 is 1.21 bits per heavy atom. The first kappa shape index (κ1) is 17.6. The van der Waals surface area contributed by atoms with E-state index in [1.807, 2.05) is 13.2 Å². The molecule has 0 amide bonds. The largest absolute Gasteiger partial charge is 0.357 e. The Labute approximate surface area is 167 Å². The summed E-state index contributed by atoms with van der Waals surface area (Å²) in [5.41, 5.74) is 7.97. The van der Waals surface area contributed by atoms with Gasteiger partial charge in [-0.2, -0.15) is 10.1 Å². The van der Waals surface area contributed by atoms with Crippen LogP contribution >= 0.6 is 11.3 Å². The van der Waals surface area contributed by atoms with E-state index in [-0.39, 0.29) is 0 Å². The number of thiophene rings is 1. The maximum Gasteiger partial charge on any atom is 0.224 e. The van der Waals surface area contributed by atoms with E-state index >= 15 is 0 Å². The molecule has 5 rings (SSSR count). The van der Waals surface area contributed by atoms with E-state index in [2.05, 4.69) is 45.3 Å². The molecule has 1 aliphatic carbocycles. The monoisotopic (exact) mass is 392 g/mol. The first-order valence-corrected chi connectivity index (χ1v) is 10.7. The zero-order chi connectivity index (χ0) is 19.1. The summed E-state index contributed by atoms with van der Waals surface area (Å²) >= 11 is 1.77. The Morgan fingerprint density at radius 3 is 2.82 bits per heavy atom. The van der Waals surface area contributed by atoms with Gasteiger partial charge in [0.1, 0.15) is 5.69 Å². The summed E-state index contributed by atoms with van der Waals surface area (Å²) in [6.45, 7) is 0.883. The molecule has 28 heavy (non-hydrogen) atoms. The first-order chi connectivity index (χ1) is 13.7. The van der Waals surface area contributed by atoms with Gasteiger partial charge in [0.25, 0.3) is 0 Å². The molecule has 0 atom stereocenters. The van der Waals surface area contributed by atoms with E-state index < -0.39 is 0 Å². The Morgan fingerprint density at radius 2 is 2.04 bits per heavy atom. The van der Waals surface area contributed by atoms with Crippen LogP contribution in [-0.2, 0) is 6.54 Å². The summed E-state index contributed by atoms with van der Waals surface area (Å²) in [4.78, 5) is 10.3. The number of fused-ring (bicyclic) bond motifs is 2. The van der Waals surface area contributed by atoms with Gasteiger partial charge in [0.05, 0.1) is 10.3 Å². The molecule has 1 saturated carbocycles. The SMILES string of the molecule is CNc1ncc2c(-c3cc4ccccc4s3)nn(CC3CCC(N)CC3)c2n1. The highest BCUT2D eigenvalue weighted by Gasteiger charge is 2.22. The normalized spacial score (nSPS) is 20.1. The second kappa shape index (κ2) is 7.14. The number of nitrogens with one attached hydrogen (secondary N) is 1. The number of benzene rings is 1. The minimum Gasteiger partial charge on any atom is -0.357 e. The van der Waals surface area contributed by atoms with Crippen LogP contribution in [0.5, 0.6) is 0 Å². The predicted octanol–water partition coefficient (Wildman–Crippen LogP) is 4.27. The Bertz CT molecular complexity index is 1090. The average molecular weight is 393 g/mol. The molecule has 3 N–H and O–H groups in total. The third kappa shape index (κ3) is 3.14. The summed E-state index contributed by atoms with van der Waals surface area (Å²) in [6.07, 6.45) is 6.41. The van der Waals surface area contributed by atoms with Crippen LogP contribution in [0.2, 0.25) is 0 Å². The van der Waals surface area contributed by atoms with Crippen molar-refractivity contribution in [1.82, 2.24) is 19.7 Å². The van der Waals surface area contributed by atoms with E-state index in [9.17, 15) is 0 Å². The highest BCUT2D eigenvalue weighted by Crippen LogP contribution is 2.37. The maximum atomic E-state index is 6.09. The quantitative estimate of drug-likeness (QED) is 0.542. The van der Waals surface area contributed by atoms with Gasteiger partial charge >= 0.3 is 0 Å². The molecule has 3 heterocycles. The highest BCUT2D eigenvalue weighted by molar-refractivity contribution is 7.22. The Kier molecular flexibility index (Phi) is 4.49. The molecule has 6 nitrogen and oxygen atoms in total. The standard InChI is InChI=1S/C21H24N6S/c1-23-21-24-11-16-19(18-10-14-4-2-3-5-17(14)28-18)26-27(20(16)25-21)12-13-6-8-15(22)9-7-13/h2-5,10-11,13,15H,6-9,12,22H2,1H3,(H,23,24,25). The molecule has 0 unspecified atom stereocenters. The molecule has 1 aromatic carbocycles. The van der Waals surface area contributed by atoms with Crippen LogP contribution in [0.3, 0.4) is 0 Å². The van der Waals surface area contributed by atoms with Crippen molar-refractivity contribution in [2.24, 2.45) is 11.7 Å². The zero-order valence-corrected chi connectivity index (χ0v) is 16.7. The van der Waals surface area contributed by atoms with E-state index in [1.54, 1.807) is 11.3 Å². The van der Waals surface area contributed by atoms with Crippen LogP contribution in [0.4, 0.5) is 5.95 Å². The van der Waals surface area contributed by atoms with Crippen LogP contribution in [0.15, 0.2) is 36.5 Å². The molecule has 3 aromatic heterocycles. The van der Waals surface area contributed by atoms with Gasteiger partial charge in [-0.05, 0) is 49.1 Å². The molecule has 1 fully saturated rings. The van der Waals surface area contributed by atoms with Crippen molar-refractivity contribution in [1.29, 1.82) is 0 Å². The molecule has 0 spiro atoms. The lowest BCUT2D eigenvalue weighted by Gasteiger charge is -2.25. The molecular weight excluding hydrogens is 368 g/mol. The van der Waals surface area contributed by atoms with Gasteiger partial charge in [-0.1, -0.05) is 18.2 Å². The second-order valence-electron chi connectivity index (χ2n) is 7.64. The van der Waals surface area contributed by atoms with Crippen molar-refractivity contribution in [3.63, 3.8) is 0 Å². The van der Waals surface area contributed by atoms with Crippen LogP contribution in [0, 0.1) is 5.92 Å².